The first-order chi connectivity index (χ1) is 8.85. The average molecular weight is 266 g/mol. The number of para-hydroxylation sites is 1. The molecule has 0 radical (unpaired) electrons. The molecule has 0 aliphatic carbocycles. The van der Waals surface area contributed by atoms with Gasteiger partial charge in [-0.15, -0.1) is 0 Å². The number of hydrogen-bond donors (Lipinski definition) is 3. The third-order valence-electron chi connectivity index (χ3n) is 2.82. The van der Waals surface area contributed by atoms with Crippen molar-refractivity contribution in [3.63, 3.8) is 0 Å². The van der Waals surface area contributed by atoms with E-state index in [2.05, 4.69) is 58.1 Å². The molecule has 0 spiro atoms. The number of nitrogen functional groups attached to an aromatic ring is 1. The number of nitrogens with one attached hydrogen (secondary N) is 1. The Morgan fingerprint density at radius 3 is 1.84 bits per heavy atom. The summed E-state index contributed by atoms with van der Waals surface area (Å²) in [6.45, 7) is 11.4. The lowest BCUT2D eigenvalue weighted by Crippen LogP contribution is -2.37. The van der Waals surface area contributed by atoms with Crippen molar-refractivity contribution in [2.75, 3.05) is 18.9 Å². The fourth-order valence-electron chi connectivity index (χ4n) is 1.71. The van der Waals surface area contributed by atoms with E-state index in [0.29, 0.717) is 6.54 Å². The summed E-state index contributed by atoms with van der Waals surface area (Å²) in [7, 11) is 0. The number of aliphatic hydroxyl groups excluding tert-OH is 1. The van der Waals surface area contributed by atoms with Gasteiger partial charge >= 0.3 is 0 Å². The molecular weight excluding hydrogens is 236 g/mol. The standard InChI is InChI=1S/C10H15N.C6H15NO/c1-3-8-6-5-7-9(4-2)10(8)11;1-6(2,3)7-4-5-8/h5-7H,3-4,11H2,1-2H3;7-8H,4-5H2,1-3H3. The molecular formula is C16H30N2O. The van der Waals surface area contributed by atoms with Gasteiger partial charge in [-0.1, -0.05) is 32.0 Å². The van der Waals surface area contributed by atoms with Gasteiger partial charge in [-0.2, -0.15) is 0 Å². The van der Waals surface area contributed by atoms with E-state index in [9.17, 15) is 0 Å². The van der Waals surface area contributed by atoms with Crippen LogP contribution in [0.3, 0.4) is 0 Å². The molecule has 0 saturated heterocycles. The molecule has 19 heavy (non-hydrogen) atoms. The van der Waals surface area contributed by atoms with Crippen LogP contribution in [0.4, 0.5) is 5.69 Å². The van der Waals surface area contributed by atoms with E-state index in [-0.39, 0.29) is 12.1 Å². The molecule has 0 aromatic heterocycles. The van der Waals surface area contributed by atoms with Crippen LogP contribution >= 0.6 is 0 Å². The molecule has 1 rings (SSSR count). The lowest BCUT2D eigenvalue weighted by molar-refractivity contribution is 0.272. The summed E-state index contributed by atoms with van der Waals surface area (Å²) < 4.78 is 0. The van der Waals surface area contributed by atoms with E-state index >= 15 is 0 Å². The van der Waals surface area contributed by atoms with Crippen molar-refractivity contribution in [3.8, 4) is 0 Å². The van der Waals surface area contributed by atoms with Crippen molar-refractivity contribution in [1.29, 1.82) is 0 Å². The van der Waals surface area contributed by atoms with Gasteiger partial charge in [0.1, 0.15) is 0 Å². The normalized spacial score (nSPS) is 10.8. The first-order valence-corrected chi connectivity index (χ1v) is 7.07. The van der Waals surface area contributed by atoms with Gasteiger partial charge in [0.25, 0.3) is 0 Å². The summed E-state index contributed by atoms with van der Waals surface area (Å²) in [5.74, 6) is 0. The largest absolute Gasteiger partial charge is 0.398 e. The molecule has 1 aromatic rings. The van der Waals surface area contributed by atoms with Crippen LogP contribution in [0.2, 0.25) is 0 Å². The molecule has 0 heterocycles. The number of β-amino-alcohol motifs (C(OH)–C–C–N with tert-alkyl or cyclic N) is 1. The van der Waals surface area contributed by atoms with Gasteiger partial charge in [0.05, 0.1) is 6.61 Å². The van der Waals surface area contributed by atoms with Gasteiger partial charge in [0, 0.05) is 17.8 Å². The van der Waals surface area contributed by atoms with Crippen molar-refractivity contribution < 1.29 is 5.11 Å². The molecule has 3 heteroatoms. The average Bonchev–Trinajstić information content (AvgIpc) is 2.36. The Kier molecular flexibility index (Phi) is 8.44. The number of benzene rings is 1. The molecule has 3 nitrogen and oxygen atoms in total. The Balaban J connectivity index is 0.000000362. The van der Waals surface area contributed by atoms with Gasteiger partial charge in [-0.05, 0) is 44.7 Å². The number of rotatable bonds is 4. The van der Waals surface area contributed by atoms with Gasteiger partial charge in [-0.25, -0.2) is 0 Å². The fraction of sp³-hybridized carbons (Fsp3) is 0.625. The molecule has 0 atom stereocenters. The topological polar surface area (TPSA) is 58.3 Å². The van der Waals surface area contributed by atoms with E-state index < -0.39 is 0 Å². The Morgan fingerprint density at radius 1 is 1.11 bits per heavy atom. The fourth-order valence-corrected chi connectivity index (χ4v) is 1.71. The molecule has 0 bridgehead atoms. The SMILES string of the molecule is CC(C)(C)NCCO.CCc1cccc(CC)c1N. The first-order valence-electron chi connectivity index (χ1n) is 7.07. The molecule has 0 fully saturated rings. The maximum absolute atomic E-state index is 8.37. The highest BCUT2D eigenvalue weighted by Crippen LogP contribution is 2.17. The maximum atomic E-state index is 8.37. The number of anilines is 1. The van der Waals surface area contributed by atoms with Crippen molar-refractivity contribution >= 4 is 5.69 Å². The highest BCUT2D eigenvalue weighted by molar-refractivity contribution is 5.53. The van der Waals surface area contributed by atoms with E-state index in [4.69, 9.17) is 10.8 Å². The van der Waals surface area contributed by atoms with Crippen LogP contribution in [0.1, 0.15) is 45.7 Å². The van der Waals surface area contributed by atoms with Crippen molar-refractivity contribution in [2.24, 2.45) is 0 Å². The Bertz CT molecular complexity index is 334. The number of aliphatic hydroxyl groups is 1. The maximum Gasteiger partial charge on any atom is 0.0556 e. The first kappa shape index (κ1) is 17.9. The zero-order valence-electron chi connectivity index (χ0n) is 13.1. The van der Waals surface area contributed by atoms with E-state index in [1.165, 1.54) is 11.1 Å². The lowest BCUT2D eigenvalue weighted by atomic mass is 10.0. The van der Waals surface area contributed by atoms with E-state index in [1.54, 1.807) is 0 Å². The van der Waals surface area contributed by atoms with Crippen LogP contribution < -0.4 is 11.1 Å². The van der Waals surface area contributed by atoms with Crippen LogP contribution in [0.25, 0.3) is 0 Å². The molecule has 0 aliphatic rings. The minimum absolute atomic E-state index is 0.142. The van der Waals surface area contributed by atoms with Crippen molar-refractivity contribution in [1.82, 2.24) is 5.32 Å². The number of nitrogens with two attached hydrogens (primary N) is 1. The highest BCUT2D eigenvalue weighted by atomic mass is 16.3. The van der Waals surface area contributed by atoms with Crippen LogP contribution in [0, 0.1) is 0 Å². The zero-order chi connectivity index (χ0) is 14.9. The number of aryl methyl sites for hydroxylation is 2. The number of hydrogen-bond acceptors (Lipinski definition) is 3. The Labute approximate surface area is 118 Å². The van der Waals surface area contributed by atoms with Crippen LogP contribution in [0.15, 0.2) is 18.2 Å². The molecule has 1 aromatic carbocycles. The molecule has 0 unspecified atom stereocenters. The summed E-state index contributed by atoms with van der Waals surface area (Å²) in [6.07, 6.45) is 2.05. The molecule has 0 aliphatic heterocycles. The molecule has 0 amide bonds. The van der Waals surface area contributed by atoms with Crippen molar-refractivity contribution in [3.05, 3.63) is 29.3 Å². The highest BCUT2D eigenvalue weighted by Gasteiger charge is 2.05. The minimum Gasteiger partial charge on any atom is -0.398 e. The van der Waals surface area contributed by atoms with E-state index in [1.807, 2.05) is 0 Å². The Morgan fingerprint density at radius 2 is 1.58 bits per heavy atom. The second kappa shape index (κ2) is 8.94. The van der Waals surface area contributed by atoms with Crippen LogP contribution in [0.5, 0.6) is 0 Å². The Hall–Kier alpha value is -1.06. The van der Waals surface area contributed by atoms with Crippen LogP contribution in [-0.2, 0) is 12.8 Å². The zero-order valence-corrected chi connectivity index (χ0v) is 13.1. The summed E-state index contributed by atoms with van der Waals surface area (Å²) in [5, 5.41) is 11.5. The third kappa shape index (κ3) is 7.85. The van der Waals surface area contributed by atoms with Gasteiger partial charge in [-0.3, -0.25) is 0 Å². The summed E-state index contributed by atoms with van der Waals surface area (Å²) in [6, 6.07) is 6.26. The molecule has 4 N–H and O–H groups in total. The predicted octanol–water partition coefficient (Wildman–Crippen LogP) is 2.76. The lowest BCUT2D eigenvalue weighted by Gasteiger charge is -2.19. The van der Waals surface area contributed by atoms with E-state index in [0.717, 1.165) is 18.5 Å². The van der Waals surface area contributed by atoms with Gasteiger partial charge < -0.3 is 16.2 Å². The summed E-state index contributed by atoms with van der Waals surface area (Å²) in [4.78, 5) is 0. The molecule has 110 valence electrons. The summed E-state index contributed by atoms with van der Waals surface area (Å²) >= 11 is 0. The molecule has 0 saturated carbocycles. The predicted molar refractivity (Wildman–Crippen MR) is 84.5 cm³/mol. The third-order valence-corrected chi connectivity index (χ3v) is 2.82. The quantitative estimate of drug-likeness (QED) is 0.734. The van der Waals surface area contributed by atoms with Crippen LogP contribution in [-0.4, -0.2) is 23.8 Å². The van der Waals surface area contributed by atoms with Gasteiger partial charge in [0.2, 0.25) is 0 Å². The summed E-state index contributed by atoms with van der Waals surface area (Å²) in [5.41, 5.74) is 9.57. The second-order valence-corrected chi connectivity index (χ2v) is 5.60. The van der Waals surface area contributed by atoms with Crippen molar-refractivity contribution in [2.45, 2.75) is 53.0 Å². The minimum atomic E-state index is 0.142. The smallest absolute Gasteiger partial charge is 0.0556 e. The van der Waals surface area contributed by atoms with Gasteiger partial charge in [0.15, 0.2) is 0 Å². The second-order valence-electron chi connectivity index (χ2n) is 5.60. The monoisotopic (exact) mass is 266 g/mol.